The molecule has 3 atom stereocenters. The van der Waals surface area contributed by atoms with Crippen molar-refractivity contribution in [1.82, 2.24) is 10.0 Å². The summed E-state index contributed by atoms with van der Waals surface area (Å²) < 4.78 is 0. The van der Waals surface area contributed by atoms with E-state index in [4.69, 9.17) is 4.99 Å². The summed E-state index contributed by atoms with van der Waals surface area (Å²) in [6, 6.07) is 64.6. The topological polar surface area (TPSA) is 18.4 Å². The largest absolute Gasteiger partial charge is 0.261 e. The van der Waals surface area contributed by atoms with E-state index in [0.717, 1.165) is 11.4 Å². The predicted molar refractivity (Wildman–Crippen MR) is 197 cm³/mol. The first-order valence-corrected chi connectivity index (χ1v) is 17.1. The molecule has 1 fully saturated rings. The third kappa shape index (κ3) is 3.63. The molecule has 2 heterocycles. The molecule has 4 aliphatic rings. The summed E-state index contributed by atoms with van der Waals surface area (Å²) in [4.78, 5) is 5.33. The third-order valence-corrected chi connectivity index (χ3v) is 11.0. The Morgan fingerprint density at radius 1 is 0.408 bits per heavy atom. The van der Waals surface area contributed by atoms with Crippen LogP contribution in [-0.4, -0.2) is 15.9 Å². The average molecular weight is 626 g/mol. The molecule has 7 aromatic carbocycles. The number of hydrogen-bond donors (Lipinski definition) is 0. The Labute approximate surface area is 286 Å². The van der Waals surface area contributed by atoms with Gasteiger partial charge in [0.25, 0.3) is 0 Å². The standard InChI is InChI=1S/C46H31N3/c1-3-14-30(15-4-1)43-47-44(49-45(48(43)49)31-16-5-2-6-17-31)34-19-13-18-32(28-34)33-26-27-38-37-22-9-12-25-41(37)46(42(38)29-33)39-23-10-7-20-35(39)36-21-8-11-24-40(36)46/h1-29,43,45H. The number of amidine groups is 1. The van der Waals surface area contributed by atoms with E-state index in [1.165, 1.54) is 66.8 Å². The molecule has 0 bridgehead atoms. The van der Waals surface area contributed by atoms with Crippen LogP contribution in [0.5, 0.6) is 0 Å². The van der Waals surface area contributed by atoms with Gasteiger partial charge in [-0.3, -0.25) is 5.01 Å². The Hall–Kier alpha value is -6.03. The number of hydrogen-bond acceptors (Lipinski definition) is 3. The molecule has 7 aromatic rings. The van der Waals surface area contributed by atoms with Gasteiger partial charge >= 0.3 is 0 Å². The van der Waals surface area contributed by atoms with Crippen LogP contribution in [-0.2, 0) is 5.41 Å². The van der Waals surface area contributed by atoms with E-state index < -0.39 is 0 Å². The fourth-order valence-electron chi connectivity index (χ4n) is 8.99. The van der Waals surface area contributed by atoms with Crippen LogP contribution in [0.25, 0.3) is 33.4 Å². The van der Waals surface area contributed by atoms with Crippen molar-refractivity contribution < 1.29 is 0 Å². The summed E-state index contributed by atoms with van der Waals surface area (Å²) in [5.74, 6) is 1.02. The summed E-state index contributed by atoms with van der Waals surface area (Å²) >= 11 is 0. The molecule has 0 saturated carbocycles. The van der Waals surface area contributed by atoms with Crippen molar-refractivity contribution in [3.63, 3.8) is 0 Å². The van der Waals surface area contributed by atoms with Crippen molar-refractivity contribution >= 4 is 5.84 Å². The van der Waals surface area contributed by atoms with Gasteiger partial charge in [0.15, 0.2) is 0 Å². The minimum Gasteiger partial charge on any atom is -0.261 e. The van der Waals surface area contributed by atoms with E-state index in [9.17, 15) is 0 Å². The third-order valence-electron chi connectivity index (χ3n) is 11.0. The molecule has 49 heavy (non-hydrogen) atoms. The predicted octanol–water partition coefficient (Wildman–Crippen LogP) is 10.4. The second kappa shape index (κ2) is 9.99. The smallest absolute Gasteiger partial charge is 0.150 e. The first-order chi connectivity index (χ1) is 24.3. The molecular weight excluding hydrogens is 595 g/mol. The molecule has 3 nitrogen and oxygen atoms in total. The summed E-state index contributed by atoms with van der Waals surface area (Å²) in [6.45, 7) is 0. The highest BCUT2D eigenvalue weighted by Gasteiger charge is 2.57. The molecule has 11 rings (SSSR count). The van der Waals surface area contributed by atoms with E-state index in [2.05, 4.69) is 186 Å². The zero-order chi connectivity index (χ0) is 32.1. The molecule has 0 aromatic heterocycles. The van der Waals surface area contributed by atoms with Gasteiger partial charge in [0.05, 0.1) is 5.41 Å². The molecule has 1 saturated heterocycles. The molecule has 230 valence electrons. The minimum absolute atomic E-state index is 0.0501. The van der Waals surface area contributed by atoms with Crippen molar-refractivity contribution in [2.24, 2.45) is 4.99 Å². The van der Waals surface area contributed by atoms with Gasteiger partial charge in [-0.1, -0.05) is 164 Å². The van der Waals surface area contributed by atoms with Crippen molar-refractivity contribution in [2.75, 3.05) is 0 Å². The Morgan fingerprint density at radius 2 is 0.918 bits per heavy atom. The van der Waals surface area contributed by atoms with Crippen LogP contribution in [0.3, 0.4) is 0 Å². The van der Waals surface area contributed by atoms with Crippen LogP contribution in [0.2, 0.25) is 0 Å². The number of rotatable bonds is 4. The van der Waals surface area contributed by atoms with Crippen LogP contribution in [0.4, 0.5) is 0 Å². The minimum atomic E-state index is -0.353. The molecule has 2 aliphatic carbocycles. The Balaban J connectivity index is 1.06. The zero-order valence-electron chi connectivity index (χ0n) is 26.7. The molecule has 0 radical (unpaired) electrons. The molecule has 0 N–H and O–H groups in total. The Kier molecular flexibility index (Phi) is 5.50. The number of hydrazine groups is 1. The lowest BCUT2D eigenvalue weighted by Gasteiger charge is -2.30. The lowest BCUT2D eigenvalue weighted by atomic mass is 9.70. The molecule has 3 heteroatoms. The second-order valence-electron chi connectivity index (χ2n) is 13.5. The van der Waals surface area contributed by atoms with Gasteiger partial charge in [-0.05, 0) is 78.9 Å². The first kappa shape index (κ1) is 27.0. The summed E-state index contributed by atoms with van der Waals surface area (Å²) in [6.07, 6.45) is 0.120. The number of aliphatic imine (C=N–C) groups is 1. The van der Waals surface area contributed by atoms with Gasteiger partial charge in [0.2, 0.25) is 0 Å². The average Bonchev–Trinajstić information content (AvgIpc) is 3.51. The van der Waals surface area contributed by atoms with Gasteiger partial charge in [-0.15, -0.1) is 0 Å². The maximum atomic E-state index is 5.33. The van der Waals surface area contributed by atoms with Crippen LogP contribution < -0.4 is 0 Å². The SMILES string of the molecule is c1ccc(C2N=C(c3cccc(-c4ccc5c(c4)C4(c6ccccc6-c6ccccc64)c4ccccc4-5)c3)N3C(c4ccccc4)N23)cc1. The second-order valence-corrected chi connectivity index (χ2v) is 13.5. The summed E-state index contributed by atoms with van der Waals surface area (Å²) in [5, 5.41) is 4.77. The van der Waals surface area contributed by atoms with Crippen LogP contribution in [0.1, 0.15) is 51.3 Å². The maximum absolute atomic E-state index is 5.33. The van der Waals surface area contributed by atoms with Gasteiger partial charge < -0.3 is 0 Å². The molecule has 3 unspecified atom stereocenters. The van der Waals surface area contributed by atoms with Crippen molar-refractivity contribution in [1.29, 1.82) is 0 Å². The van der Waals surface area contributed by atoms with Gasteiger partial charge in [-0.2, -0.15) is 5.01 Å². The van der Waals surface area contributed by atoms with Crippen LogP contribution >= 0.6 is 0 Å². The Bertz CT molecular complexity index is 2420. The molecule has 2 aliphatic heterocycles. The van der Waals surface area contributed by atoms with Crippen LogP contribution in [0, 0.1) is 0 Å². The Morgan fingerprint density at radius 3 is 1.55 bits per heavy atom. The van der Waals surface area contributed by atoms with Gasteiger partial charge in [0.1, 0.15) is 18.2 Å². The van der Waals surface area contributed by atoms with E-state index >= 15 is 0 Å². The number of nitrogens with zero attached hydrogens (tertiary/aromatic N) is 3. The van der Waals surface area contributed by atoms with Crippen molar-refractivity contribution in [2.45, 2.75) is 17.7 Å². The fraction of sp³-hybridized carbons (Fsp3) is 0.0652. The summed E-state index contributed by atoms with van der Waals surface area (Å²) in [5.41, 5.74) is 16.5. The van der Waals surface area contributed by atoms with E-state index in [1.54, 1.807) is 0 Å². The van der Waals surface area contributed by atoms with Crippen molar-refractivity contribution in [3.05, 3.63) is 215 Å². The maximum Gasteiger partial charge on any atom is 0.150 e. The fourth-order valence-corrected chi connectivity index (χ4v) is 8.99. The lowest BCUT2D eigenvalue weighted by molar-refractivity contribution is 0.341. The van der Waals surface area contributed by atoms with Gasteiger partial charge in [-0.25, -0.2) is 4.99 Å². The van der Waals surface area contributed by atoms with E-state index in [0.29, 0.717) is 0 Å². The van der Waals surface area contributed by atoms with E-state index in [1.807, 2.05) is 0 Å². The summed E-state index contributed by atoms with van der Waals surface area (Å²) in [7, 11) is 0. The zero-order valence-corrected chi connectivity index (χ0v) is 26.7. The van der Waals surface area contributed by atoms with Crippen molar-refractivity contribution in [3.8, 4) is 33.4 Å². The number of benzene rings is 7. The molecule has 1 spiro atoms. The quantitative estimate of drug-likeness (QED) is 0.181. The highest BCUT2D eigenvalue weighted by Crippen LogP contribution is 2.63. The monoisotopic (exact) mass is 625 g/mol. The normalized spacial score (nSPS) is 19.9. The molecule has 0 amide bonds. The lowest BCUT2D eigenvalue weighted by Crippen LogP contribution is -2.25. The van der Waals surface area contributed by atoms with Gasteiger partial charge in [0, 0.05) is 5.56 Å². The molecular formula is C46H31N3. The first-order valence-electron chi connectivity index (χ1n) is 17.1. The highest BCUT2D eigenvalue weighted by molar-refractivity contribution is 6.02. The highest BCUT2D eigenvalue weighted by atomic mass is 15.9. The number of fused-ring (bicyclic) bond motifs is 11. The van der Waals surface area contributed by atoms with E-state index in [-0.39, 0.29) is 17.7 Å². The van der Waals surface area contributed by atoms with Crippen LogP contribution in [0.15, 0.2) is 181 Å².